The van der Waals surface area contributed by atoms with Crippen LogP contribution in [0.4, 0.5) is 0 Å². The van der Waals surface area contributed by atoms with Crippen molar-refractivity contribution in [3.05, 3.63) is 35.4 Å². The molecule has 0 spiro atoms. The van der Waals surface area contributed by atoms with Crippen molar-refractivity contribution in [1.82, 2.24) is 0 Å². The van der Waals surface area contributed by atoms with Gasteiger partial charge in [-0.1, -0.05) is 0 Å². The van der Waals surface area contributed by atoms with Crippen LogP contribution in [0.1, 0.15) is 21.8 Å². The summed E-state index contributed by atoms with van der Waals surface area (Å²) in [6.45, 7) is -0.863. The van der Waals surface area contributed by atoms with E-state index in [0.717, 1.165) is 0 Å². The molecule has 0 radical (unpaired) electrons. The average molecular weight is 655 g/mol. The van der Waals surface area contributed by atoms with Gasteiger partial charge in [0.25, 0.3) is 0 Å². The summed E-state index contributed by atoms with van der Waals surface area (Å²) in [5.74, 6) is -1.55. The molecule has 46 heavy (non-hydrogen) atoms. The number of benzene rings is 2. The fourth-order valence-electron chi connectivity index (χ4n) is 5.47. The highest BCUT2D eigenvalue weighted by atomic mass is 16.8. The Hall–Kier alpha value is -3.45. The zero-order chi connectivity index (χ0) is 33.3. The number of hydrogen-bond donors (Lipinski definition) is 5. The maximum Gasteiger partial charge on any atom is 0.229 e. The van der Waals surface area contributed by atoms with E-state index in [1.807, 2.05) is 0 Å². The van der Waals surface area contributed by atoms with E-state index in [9.17, 15) is 30.3 Å². The number of aliphatic hydroxyl groups excluding tert-OH is 4. The number of rotatable bonds is 11. The molecule has 0 bridgehead atoms. The summed E-state index contributed by atoms with van der Waals surface area (Å²) in [6.07, 6.45) is -10.8. The Morgan fingerprint density at radius 2 is 1.46 bits per heavy atom. The highest BCUT2D eigenvalue weighted by Gasteiger charge is 2.51. The number of fused-ring (bicyclic) bond motifs is 1. The van der Waals surface area contributed by atoms with Gasteiger partial charge in [0.2, 0.25) is 12.1 Å². The Bertz CT molecular complexity index is 1400. The third kappa shape index (κ3) is 6.15. The van der Waals surface area contributed by atoms with Crippen molar-refractivity contribution in [3.8, 4) is 34.5 Å². The lowest BCUT2D eigenvalue weighted by Crippen LogP contribution is -2.60. The fraction of sp³-hybridized carbons (Fsp3) is 0.567. The quantitative estimate of drug-likeness (QED) is 0.190. The van der Waals surface area contributed by atoms with Crippen LogP contribution < -0.4 is 28.4 Å². The summed E-state index contributed by atoms with van der Waals surface area (Å²) in [5.41, 5.74) is 0.715. The molecule has 2 fully saturated rings. The first-order chi connectivity index (χ1) is 22.0. The summed E-state index contributed by atoms with van der Waals surface area (Å²) in [4.78, 5) is 13.8. The summed E-state index contributed by atoms with van der Waals surface area (Å²) in [7, 11) is 6.97. The van der Waals surface area contributed by atoms with Gasteiger partial charge in [0, 0.05) is 24.8 Å². The number of aliphatic hydroxyl groups is 5. The summed E-state index contributed by atoms with van der Waals surface area (Å²) < 4.78 is 54.9. The molecule has 16 nitrogen and oxygen atoms in total. The van der Waals surface area contributed by atoms with Gasteiger partial charge < -0.3 is 72.9 Å². The molecule has 2 aromatic carbocycles. The van der Waals surface area contributed by atoms with Gasteiger partial charge in [-0.15, -0.1) is 0 Å². The molecule has 3 aliphatic heterocycles. The van der Waals surface area contributed by atoms with Crippen LogP contribution >= 0.6 is 0 Å². The topological polar surface area (TPSA) is 211 Å². The Kier molecular flexibility index (Phi) is 10.1. The van der Waals surface area contributed by atoms with Crippen LogP contribution in [-0.2, 0) is 18.9 Å². The van der Waals surface area contributed by atoms with Gasteiger partial charge in [0.15, 0.2) is 41.2 Å². The molecule has 5 rings (SSSR count). The molecule has 0 amide bonds. The van der Waals surface area contributed by atoms with E-state index in [4.69, 9.17) is 47.4 Å². The summed E-state index contributed by atoms with van der Waals surface area (Å²) in [6, 6.07) is 6.09. The predicted molar refractivity (Wildman–Crippen MR) is 153 cm³/mol. The minimum absolute atomic E-state index is 0.00297. The zero-order valence-electron chi connectivity index (χ0n) is 25.8. The van der Waals surface area contributed by atoms with Gasteiger partial charge in [0.1, 0.15) is 49.1 Å². The molecule has 2 aromatic rings. The van der Waals surface area contributed by atoms with Crippen LogP contribution in [0.2, 0.25) is 0 Å². The van der Waals surface area contributed by atoms with Crippen molar-refractivity contribution < 1.29 is 77.7 Å². The molecule has 254 valence electrons. The van der Waals surface area contributed by atoms with Gasteiger partial charge in [-0.2, -0.15) is 0 Å². The molecular weight excluding hydrogens is 616 g/mol. The predicted octanol–water partition coefficient (Wildman–Crippen LogP) is -0.665. The van der Waals surface area contributed by atoms with Crippen molar-refractivity contribution in [2.75, 3.05) is 55.4 Å². The molecule has 0 saturated carbocycles. The number of methoxy groups -OCH3 is 5. The highest BCUT2D eigenvalue weighted by Crippen LogP contribution is 2.45. The maximum absolute atomic E-state index is 13.8. The van der Waals surface area contributed by atoms with E-state index in [1.54, 1.807) is 12.1 Å². The average Bonchev–Trinajstić information content (AvgIpc) is 3.36. The van der Waals surface area contributed by atoms with Crippen molar-refractivity contribution in [1.29, 1.82) is 0 Å². The lowest BCUT2D eigenvalue weighted by Gasteiger charge is -2.40. The van der Waals surface area contributed by atoms with Crippen LogP contribution in [0.25, 0.3) is 0 Å². The Balaban J connectivity index is 1.34. The molecule has 0 aromatic heterocycles. The lowest BCUT2D eigenvalue weighted by atomic mass is 9.88. The first kappa shape index (κ1) is 33.9. The number of hydrogen-bond acceptors (Lipinski definition) is 16. The van der Waals surface area contributed by atoms with Crippen molar-refractivity contribution >= 4 is 5.78 Å². The van der Waals surface area contributed by atoms with Crippen molar-refractivity contribution in [3.63, 3.8) is 0 Å². The van der Waals surface area contributed by atoms with Crippen LogP contribution in [0.15, 0.2) is 24.3 Å². The number of carbonyl (C=O) groups excluding carboxylic acids is 1. The second-order valence-corrected chi connectivity index (χ2v) is 10.8. The molecule has 0 aliphatic carbocycles. The molecule has 9 atom stereocenters. The number of ether oxygens (including phenoxy) is 10. The molecule has 3 aliphatic rings. The third-order valence-electron chi connectivity index (χ3n) is 8.23. The Morgan fingerprint density at radius 3 is 2.09 bits per heavy atom. The summed E-state index contributed by atoms with van der Waals surface area (Å²) in [5, 5.41) is 52.2. The van der Waals surface area contributed by atoms with E-state index >= 15 is 0 Å². The van der Waals surface area contributed by atoms with Crippen molar-refractivity contribution in [2.45, 2.75) is 54.8 Å². The second kappa shape index (κ2) is 13.7. The number of carbonyl (C=O) groups is 1. The highest BCUT2D eigenvalue weighted by molar-refractivity contribution is 6.05. The molecule has 5 N–H and O–H groups in total. The Labute approximate surface area is 263 Å². The van der Waals surface area contributed by atoms with Gasteiger partial charge in [-0.3, -0.25) is 4.79 Å². The monoisotopic (exact) mass is 654 g/mol. The van der Waals surface area contributed by atoms with E-state index < -0.39 is 61.4 Å². The molecule has 16 heteroatoms. The van der Waals surface area contributed by atoms with Crippen LogP contribution in [0.3, 0.4) is 0 Å². The number of ketones is 1. The maximum atomic E-state index is 13.8. The van der Waals surface area contributed by atoms with E-state index in [2.05, 4.69) is 0 Å². The van der Waals surface area contributed by atoms with Crippen molar-refractivity contribution in [2.24, 2.45) is 0 Å². The fourth-order valence-corrected chi connectivity index (χ4v) is 5.47. The van der Waals surface area contributed by atoms with E-state index in [1.165, 1.54) is 47.7 Å². The smallest absolute Gasteiger partial charge is 0.229 e. The molecule has 2 saturated heterocycles. The van der Waals surface area contributed by atoms with Gasteiger partial charge >= 0.3 is 0 Å². The van der Waals surface area contributed by atoms with Crippen LogP contribution in [0, 0.1) is 0 Å². The third-order valence-corrected chi connectivity index (χ3v) is 8.23. The standard InChI is InChI=1S/C30H38O16/c1-37-16-8-20(40-4)18(38-2)6-13(16)15-10-42-17-9-21(19(39-3)7-14(17)23(15)31)45-28-26(34)25(33)24(32)22(46-28)11-43-29-27(35)30(36,41-5)12-44-29/h6-9,15,22,24-29,32-36H,10-12H2,1-5H3. The van der Waals surface area contributed by atoms with Crippen LogP contribution in [-0.4, -0.2) is 136 Å². The van der Waals surface area contributed by atoms with E-state index in [0.29, 0.717) is 22.8 Å². The van der Waals surface area contributed by atoms with E-state index in [-0.39, 0.29) is 41.8 Å². The van der Waals surface area contributed by atoms with Crippen LogP contribution in [0.5, 0.6) is 34.5 Å². The molecular formula is C30H38O16. The second-order valence-electron chi connectivity index (χ2n) is 10.8. The molecule has 3 heterocycles. The van der Waals surface area contributed by atoms with Gasteiger partial charge in [-0.25, -0.2) is 0 Å². The molecule has 9 unspecified atom stereocenters. The zero-order valence-corrected chi connectivity index (χ0v) is 25.8. The lowest BCUT2D eigenvalue weighted by molar-refractivity contribution is -0.290. The largest absolute Gasteiger partial charge is 0.496 e. The first-order valence-electron chi connectivity index (χ1n) is 14.2. The first-order valence-corrected chi connectivity index (χ1v) is 14.2. The minimum Gasteiger partial charge on any atom is -0.496 e. The normalized spacial score (nSPS) is 32.3. The SMILES string of the molecule is COc1cc(OC)c(C2COc3cc(OC4OC(COC5OCC(O)(OC)C5O)C(O)C(O)C4O)c(OC)cc3C2=O)cc1OC. The Morgan fingerprint density at radius 1 is 0.804 bits per heavy atom. The minimum atomic E-state index is -1.99. The van der Waals surface area contributed by atoms with Gasteiger partial charge in [-0.05, 0) is 12.1 Å². The summed E-state index contributed by atoms with van der Waals surface area (Å²) >= 11 is 0. The number of Topliss-reactive ketones (excluding diaryl/α,β-unsaturated/α-hetero) is 1. The van der Waals surface area contributed by atoms with Gasteiger partial charge in [0.05, 0.1) is 46.5 Å².